The number of carbonyl (C=O) groups excluding carboxylic acids is 1. The fourth-order valence-electron chi connectivity index (χ4n) is 1.58. The third kappa shape index (κ3) is 3.39. The summed E-state index contributed by atoms with van der Waals surface area (Å²) < 4.78 is 4.93. The number of hydrazone groups is 1. The molecule has 0 atom stereocenters. The molecule has 114 valence electrons. The highest BCUT2D eigenvalue weighted by Crippen LogP contribution is 2.25. The molecule has 9 nitrogen and oxygen atoms in total. The van der Waals surface area contributed by atoms with E-state index in [-0.39, 0.29) is 17.1 Å². The number of methoxy groups -OCH3 is 1. The average Bonchev–Trinajstić information content (AvgIpc) is 2.48. The molecule has 4 N–H and O–H groups in total. The van der Waals surface area contributed by atoms with E-state index in [1.807, 2.05) is 4.98 Å². The maximum Gasteiger partial charge on any atom is 0.325 e. The van der Waals surface area contributed by atoms with Gasteiger partial charge in [0.2, 0.25) is 0 Å². The van der Waals surface area contributed by atoms with Gasteiger partial charge in [0, 0.05) is 6.20 Å². The first-order chi connectivity index (χ1) is 10.5. The van der Waals surface area contributed by atoms with Gasteiger partial charge in [-0.1, -0.05) is 0 Å². The van der Waals surface area contributed by atoms with E-state index in [0.717, 1.165) is 6.20 Å². The molecule has 0 aliphatic rings. The first kappa shape index (κ1) is 15.0. The molecular weight excluding hydrogens is 292 g/mol. The third-order valence-corrected chi connectivity index (χ3v) is 2.65. The van der Waals surface area contributed by atoms with Crippen LogP contribution in [0.4, 0.5) is 0 Å². The minimum atomic E-state index is -0.817. The number of aromatic amines is 2. The molecule has 0 aliphatic heterocycles. The summed E-state index contributed by atoms with van der Waals surface area (Å²) in [6, 6.07) is 4.48. The number of aromatic nitrogens is 2. The highest BCUT2D eigenvalue weighted by molar-refractivity contribution is 5.94. The van der Waals surface area contributed by atoms with Gasteiger partial charge >= 0.3 is 5.69 Å². The van der Waals surface area contributed by atoms with Crippen LogP contribution >= 0.6 is 0 Å². The Morgan fingerprint density at radius 3 is 2.86 bits per heavy atom. The Morgan fingerprint density at radius 2 is 2.18 bits per heavy atom. The second kappa shape index (κ2) is 6.39. The van der Waals surface area contributed by atoms with E-state index in [1.54, 1.807) is 6.07 Å². The molecule has 2 rings (SSSR count). The van der Waals surface area contributed by atoms with E-state index in [1.165, 1.54) is 25.5 Å². The van der Waals surface area contributed by atoms with E-state index in [9.17, 15) is 19.5 Å². The molecule has 0 fully saturated rings. The molecule has 1 heterocycles. The molecule has 2 aromatic rings. The number of hydrogen-bond acceptors (Lipinski definition) is 6. The summed E-state index contributed by atoms with van der Waals surface area (Å²) in [5.41, 5.74) is 0.904. The van der Waals surface area contributed by atoms with Crippen LogP contribution in [0.15, 0.2) is 39.1 Å². The molecular formula is C13H12N4O5. The lowest BCUT2D eigenvalue weighted by Gasteiger charge is -2.03. The molecule has 0 radical (unpaired) electrons. The van der Waals surface area contributed by atoms with Crippen LogP contribution < -0.4 is 21.4 Å². The number of aromatic hydroxyl groups is 1. The Balaban J connectivity index is 2.10. The molecule has 1 amide bonds. The summed E-state index contributed by atoms with van der Waals surface area (Å²) in [5.74, 6) is -0.546. The smallest absolute Gasteiger partial charge is 0.325 e. The maximum atomic E-state index is 11.7. The SMILES string of the molecule is COc1cc(/C=N/NC(=O)c2c[nH]c(=O)[nH]c2=O)ccc1O. The lowest BCUT2D eigenvalue weighted by Crippen LogP contribution is -2.31. The number of hydrogen-bond donors (Lipinski definition) is 4. The van der Waals surface area contributed by atoms with Crippen molar-refractivity contribution < 1.29 is 14.6 Å². The van der Waals surface area contributed by atoms with Crippen molar-refractivity contribution >= 4 is 12.1 Å². The van der Waals surface area contributed by atoms with Crippen LogP contribution in [0.2, 0.25) is 0 Å². The quantitative estimate of drug-likeness (QED) is 0.447. The van der Waals surface area contributed by atoms with Crippen molar-refractivity contribution in [2.75, 3.05) is 7.11 Å². The summed E-state index contributed by atoms with van der Waals surface area (Å²) in [6.07, 6.45) is 2.30. The summed E-state index contributed by atoms with van der Waals surface area (Å²) in [5, 5.41) is 13.1. The number of carbonyl (C=O) groups is 1. The predicted molar refractivity (Wildman–Crippen MR) is 77.4 cm³/mol. The molecule has 0 spiro atoms. The van der Waals surface area contributed by atoms with Gasteiger partial charge in [-0.3, -0.25) is 14.6 Å². The molecule has 0 bridgehead atoms. The van der Waals surface area contributed by atoms with E-state index in [2.05, 4.69) is 15.5 Å². The van der Waals surface area contributed by atoms with Crippen molar-refractivity contribution in [1.82, 2.24) is 15.4 Å². The highest BCUT2D eigenvalue weighted by atomic mass is 16.5. The van der Waals surface area contributed by atoms with Crippen LogP contribution in [0.25, 0.3) is 0 Å². The van der Waals surface area contributed by atoms with Crippen molar-refractivity contribution in [3.63, 3.8) is 0 Å². The molecule has 0 saturated heterocycles. The fourth-order valence-corrected chi connectivity index (χ4v) is 1.58. The van der Waals surface area contributed by atoms with Crippen LogP contribution in [0.5, 0.6) is 11.5 Å². The normalized spacial score (nSPS) is 10.6. The summed E-state index contributed by atoms with van der Waals surface area (Å²) in [4.78, 5) is 38.1. The van der Waals surface area contributed by atoms with Crippen molar-refractivity contribution in [3.8, 4) is 11.5 Å². The fraction of sp³-hybridized carbons (Fsp3) is 0.0769. The van der Waals surface area contributed by atoms with Crippen LogP contribution in [-0.2, 0) is 0 Å². The van der Waals surface area contributed by atoms with Crippen molar-refractivity contribution in [2.45, 2.75) is 0 Å². The average molecular weight is 304 g/mol. The van der Waals surface area contributed by atoms with Crippen LogP contribution in [-0.4, -0.2) is 34.3 Å². The minimum absolute atomic E-state index is 0.0246. The van der Waals surface area contributed by atoms with Crippen LogP contribution in [0.3, 0.4) is 0 Å². The number of nitrogens with one attached hydrogen (secondary N) is 3. The zero-order chi connectivity index (χ0) is 16.1. The molecule has 22 heavy (non-hydrogen) atoms. The first-order valence-corrected chi connectivity index (χ1v) is 6.03. The number of phenols is 1. The minimum Gasteiger partial charge on any atom is -0.504 e. The molecule has 1 aromatic heterocycles. The number of amides is 1. The standard InChI is InChI=1S/C13H12N4O5/c1-22-10-4-7(2-3-9(10)18)5-15-17-12(20)8-6-14-13(21)16-11(8)19/h2-6,18H,1H3,(H,17,20)(H2,14,16,19,21)/b15-5+. The summed E-state index contributed by atoms with van der Waals surface area (Å²) in [6.45, 7) is 0. The Morgan fingerprint density at radius 1 is 1.41 bits per heavy atom. The van der Waals surface area contributed by atoms with Crippen molar-refractivity contribution in [2.24, 2.45) is 5.10 Å². The van der Waals surface area contributed by atoms with Crippen LogP contribution in [0, 0.1) is 0 Å². The second-order valence-corrected chi connectivity index (χ2v) is 4.12. The summed E-state index contributed by atoms with van der Waals surface area (Å²) in [7, 11) is 1.40. The lowest BCUT2D eigenvalue weighted by atomic mass is 10.2. The molecule has 9 heteroatoms. The van der Waals surface area contributed by atoms with Crippen molar-refractivity contribution in [1.29, 1.82) is 0 Å². The van der Waals surface area contributed by atoms with E-state index in [4.69, 9.17) is 4.74 Å². The number of benzene rings is 1. The van der Waals surface area contributed by atoms with Crippen molar-refractivity contribution in [3.05, 3.63) is 56.4 Å². The zero-order valence-electron chi connectivity index (χ0n) is 11.4. The predicted octanol–water partition coefficient (Wildman–Crippen LogP) is -0.459. The largest absolute Gasteiger partial charge is 0.504 e. The topological polar surface area (TPSA) is 137 Å². The summed E-state index contributed by atoms with van der Waals surface area (Å²) >= 11 is 0. The first-order valence-electron chi connectivity index (χ1n) is 6.03. The van der Waals surface area contributed by atoms with E-state index >= 15 is 0 Å². The molecule has 0 aliphatic carbocycles. The molecule has 1 aromatic carbocycles. The van der Waals surface area contributed by atoms with Gasteiger partial charge < -0.3 is 14.8 Å². The van der Waals surface area contributed by atoms with Gasteiger partial charge in [-0.2, -0.15) is 5.10 Å². The number of rotatable bonds is 4. The lowest BCUT2D eigenvalue weighted by molar-refractivity contribution is 0.0953. The number of ether oxygens (including phenoxy) is 1. The number of nitrogens with zero attached hydrogens (tertiary/aromatic N) is 1. The Kier molecular flexibility index (Phi) is 4.37. The molecule has 0 saturated carbocycles. The van der Waals surface area contributed by atoms with Crippen LogP contribution in [0.1, 0.15) is 15.9 Å². The highest BCUT2D eigenvalue weighted by Gasteiger charge is 2.09. The van der Waals surface area contributed by atoms with Gasteiger partial charge in [0.05, 0.1) is 13.3 Å². The molecule has 0 unspecified atom stereocenters. The van der Waals surface area contributed by atoms with Gasteiger partial charge in [0.1, 0.15) is 5.56 Å². The van der Waals surface area contributed by atoms with E-state index in [0.29, 0.717) is 5.56 Å². The van der Waals surface area contributed by atoms with Gasteiger partial charge in [-0.25, -0.2) is 10.2 Å². The van der Waals surface area contributed by atoms with Gasteiger partial charge in [-0.15, -0.1) is 0 Å². The maximum absolute atomic E-state index is 11.7. The number of H-pyrrole nitrogens is 2. The third-order valence-electron chi connectivity index (χ3n) is 2.65. The second-order valence-electron chi connectivity index (χ2n) is 4.12. The Bertz CT molecular complexity index is 837. The Hall–Kier alpha value is -3.36. The number of phenolic OH excluding ortho intramolecular Hbond substituents is 1. The van der Waals surface area contributed by atoms with Gasteiger partial charge in [-0.05, 0) is 23.8 Å². The van der Waals surface area contributed by atoms with Gasteiger partial charge in [0.25, 0.3) is 11.5 Å². The Labute approximate surface area is 123 Å². The van der Waals surface area contributed by atoms with E-state index < -0.39 is 17.2 Å². The van der Waals surface area contributed by atoms with Gasteiger partial charge in [0.15, 0.2) is 11.5 Å². The zero-order valence-corrected chi connectivity index (χ0v) is 11.4. The monoisotopic (exact) mass is 304 g/mol.